The molecule has 0 aromatic carbocycles. The van der Waals surface area contributed by atoms with Crippen LogP contribution in [-0.2, 0) is 0 Å². The third-order valence-electron chi connectivity index (χ3n) is 0.526. The van der Waals surface area contributed by atoms with Gasteiger partial charge in [-0.1, -0.05) is 0 Å². The normalized spacial score (nSPS) is 9.00. The van der Waals surface area contributed by atoms with Crippen molar-refractivity contribution in [2.24, 2.45) is 11.5 Å². The topological polar surface area (TPSA) is 52.0 Å². The van der Waals surface area contributed by atoms with Crippen LogP contribution in [0.4, 0.5) is 0 Å². The number of rotatable bonds is 1. The molecule has 0 aliphatic heterocycles. The molecule has 0 atom stereocenters. The third-order valence-corrected chi connectivity index (χ3v) is 0.526. The Labute approximate surface area is 62.8 Å². The minimum Gasteiger partial charge on any atom is -0.329 e. The van der Waals surface area contributed by atoms with Crippen LogP contribution in [-0.4, -0.2) is 12.1 Å². The van der Waals surface area contributed by atoms with E-state index in [-0.39, 0.29) is 30.4 Å². The molecule has 0 aliphatic rings. The molecule has 0 fully saturated rings. The fourth-order valence-electron chi connectivity index (χ4n) is 0. The minimum absolute atomic E-state index is 0. The van der Waals surface area contributed by atoms with Crippen LogP contribution in [0, 0.1) is 0 Å². The van der Waals surface area contributed by atoms with Gasteiger partial charge in [-0.2, -0.15) is 0 Å². The van der Waals surface area contributed by atoms with Gasteiger partial charge in [0.1, 0.15) is 0 Å². The van der Waals surface area contributed by atoms with Crippen LogP contribution in [0.25, 0.3) is 0 Å². The highest BCUT2D eigenvalue weighted by Crippen LogP contribution is 1.88. The second kappa shape index (κ2) is 5.63. The molecule has 8 heavy (non-hydrogen) atoms. The maximum Gasteiger partial charge on any atom is 0.0221 e. The van der Waals surface area contributed by atoms with E-state index < -0.39 is 0 Å². The Bertz CT molecular complexity index is 41.8. The second-order valence-electron chi connectivity index (χ2n) is 2.19. The predicted octanol–water partition coefficient (Wildman–Crippen LogP) is 0.526. The summed E-state index contributed by atoms with van der Waals surface area (Å²) in [6.07, 6.45) is 0. The van der Waals surface area contributed by atoms with Crippen molar-refractivity contribution in [3.63, 3.8) is 0 Å². The predicted molar refractivity (Wildman–Crippen MR) is 41.8 cm³/mol. The van der Waals surface area contributed by atoms with Crippen molar-refractivity contribution in [3.8, 4) is 0 Å². The molecule has 0 heterocycles. The highest BCUT2D eigenvalue weighted by atomic mass is 35.5. The minimum atomic E-state index is -0.181. The fraction of sp³-hybridized carbons (Fsp3) is 1.00. The lowest BCUT2D eigenvalue weighted by Gasteiger charge is -2.13. The van der Waals surface area contributed by atoms with E-state index in [0.29, 0.717) is 6.54 Å². The molecule has 0 aromatic heterocycles. The Morgan fingerprint density at radius 3 is 1.38 bits per heavy atom. The molecule has 0 spiro atoms. The Hall–Kier alpha value is 0.500. The van der Waals surface area contributed by atoms with E-state index in [4.69, 9.17) is 11.5 Å². The molecule has 2 nitrogen and oxygen atoms in total. The molecular formula is C4H14Cl2N2. The van der Waals surface area contributed by atoms with Crippen molar-refractivity contribution in [1.29, 1.82) is 0 Å². The van der Waals surface area contributed by atoms with Crippen molar-refractivity contribution < 1.29 is 0 Å². The van der Waals surface area contributed by atoms with Crippen LogP contribution in [0.1, 0.15) is 13.8 Å². The van der Waals surface area contributed by atoms with E-state index in [1.807, 2.05) is 13.8 Å². The number of hydrogen-bond acceptors (Lipinski definition) is 2. The first-order valence-corrected chi connectivity index (χ1v) is 2.05. The largest absolute Gasteiger partial charge is 0.329 e. The highest BCUT2D eigenvalue weighted by molar-refractivity contribution is 5.85. The number of halogens is 2. The van der Waals surface area contributed by atoms with Gasteiger partial charge in [-0.3, -0.25) is 0 Å². The molecule has 0 rings (SSSR count). The summed E-state index contributed by atoms with van der Waals surface area (Å²) in [5, 5.41) is 0. The van der Waals surface area contributed by atoms with E-state index in [1.54, 1.807) is 0 Å². The SMILES string of the molecule is CC(C)(N)CN.Cl.Cl. The van der Waals surface area contributed by atoms with Gasteiger partial charge in [0.15, 0.2) is 0 Å². The molecule has 0 radical (unpaired) electrons. The molecule has 0 aliphatic carbocycles. The maximum atomic E-state index is 5.41. The smallest absolute Gasteiger partial charge is 0.0221 e. The zero-order chi connectivity index (χ0) is 5.21. The van der Waals surface area contributed by atoms with Crippen molar-refractivity contribution in [1.82, 2.24) is 0 Å². The zero-order valence-electron chi connectivity index (χ0n) is 5.18. The van der Waals surface area contributed by atoms with E-state index in [1.165, 1.54) is 0 Å². The molecule has 4 N–H and O–H groups in total. The van der Waals surface area contributed by atoms with Crippen LogP contribution >= 0.6 is 24.8 Å². The number of nitrogens with two attached hydrogens (primary N) is 2. The lowest BCUT2D eigenvalue weighted by Crippen LogP contribution is -2.40. The van der Waals surface area contributed by atoms with Crippen LogP contribution < -0.4 is 11.5 Å². The van der Waals surface area contributed by atoms with E-state index in [2.05, 4.69) is 0 Å². The zero-order valence-corrected chi connectivity index (χ0v) is 6.81. The summed E-state index contributed by atoms with van der Waals surface area (Å²) in [7, 11) is 0. The summed E-state index contributed by atoms with van der Waals surface area (Å²) < 4.78 is 0. The van der Waals surface area contributed by atoms with Gasteiger partial charge in [0.05, 0.1) is 0 Å². The molecule has 54 valence electrons. The van der Waals surface area contributed by atoms with Crippen LogP contribution in [0.5, 0.6) is 0 Å². The van der Waals surface area contributed by atoms with Gasteiger partial charge >= 0.3 is 0 Å². The molecular weight excluding hydrogens is 147 g/mol. The van der Waals surface area contributed by atoms with E-state index in [9.17, 15) is 0 Å². The summed E-state index contributed by atoms with van der Waals surface area (Å²) in [5.41, 5.74) is 10.4. The monoisotopic (exact) mass is 160 g/mol. The lowest BCUT2D eigenvalue weighted by molar-refractivity contribution is 0.532. The van der Waals surface area contributed by atoms with Crippen LogP contribution in [0.3, 0.4) is 0 Å². The van der Waals surface area contributed by atoms with Gasteiger partial charge in [-0.15, -0.1) is 24.8 Å². The fourth-order valence-corrected chi connectivity index (χ4v) is 0. The van der Waals surface area contributed by atoms with Gasteiger partial charge in [-0.05, 0) is 13.8 Å². The summed E-state index contributed by atoms with van der Waals surface area (Å²) in [6, 6.07) is 0. The molecule has 4 heteroatoms. The molecule has 0 saturated heterocycles. The average Bonchev–Trinajstić information content (AvgIpc) is 1.35. The number of hydrogen-bond donors (Lipinski definition) is 2. The first-order chi connectivity index (χ1) is 2.56. The first-order valence-electron chi connectivity index (χ1n) is 2.05. The van der Waals surface area contributed by atoms with Crippen molar-refractivity contribution >= 4 is 24.8 Å². The summed E-state index contributed by atoms with van der Waals surface area (Å²) in [4.78, 5) is 0. The van der Waals surface area contributed by atoms with Gasteiger partial charge in [0, 0.05) is 12.1 Å². The van der Waals surface area contributed by atoms with Crippen LogP contribution in [0.2, 0.25) is 0 Å². The van der Waals surface area contributed by atoms with Gasteiger partial charge in [0.25, 0.3) is 0 Å². The first kappa shape index (κ1) is 15.8. The average molecular weight is 161 g/mol. The maximum absolute atomic E-state index is 5.41. The van der Waals surface area contributed by atoms with Gasteiger partial charge in [0.2, 0.25) is 0 Å². The molecule has 0 bridgehead atoms. The Balaban J connectivity index is -0.000000125. The molecule has 0 unspecified atom stereocenters. The van der Waals surface area contributed by atoms with Crippen molar-refractivity contribution in [2.45, 2.75) is 19.4 Å². The quantitative estimate of drug-likeness (QED) is 0.589. The standard InChI is InChI=1S/C4H12N2.2ClH/c1-4(2,6)3-5;;/h3,5-6H2,1-2H3;2*1H. The molecule has 0 amide bonds. The highest BCUT2D eigenvalue weighted by Gasteiger charge is 2.04. The van der Waals surface area contributed by atoms with Crippen molar-refractivity contribution in [2.75, 3.05) is 6.54 Å². The van der Waals surface area contributed by atoms with E-state index >= 15 is 0 Å². The lowest BCUT2D eigenvalue weighted by atomic mass is 10.1. The Morgan fingerprint density at radius 1 is 1.25 bits per heavy atom. The molecule has 0 aromatic rings. The Kier molecular flexibility index (Phi) is 11.1. The summed E-state index contributed by atoms with van der Waals surface area (Å²) in [5.74, 6) is 0. The van der Waals surface area contributed by atoms with Crippen molar-refractivity contribution in [3.05, 3.63) is 0 Å². The van der Waals surface area contributed by atoms with Gasteiger partial charge < -0.3 is 11.5 Å². The third kappa shape index (κ3) is 16.1. The summed E-state index contributed by atoms with van der Waals surface area (Å²) in [6.45, 7) is 4.34. The Morgan fingerprint density at radius 2 is 1.38 bits per heavy atom. The molecule has 0 saturated carbocycles. The second-order valence-corrected chi connectivity index (χ2v) is 2.19. The van der Waals surface area contributed by atoms with Gasteiger partial charge in [-0.25, -0.2) is 0 Å². The van der Waals surface area contributed by atoms with Crippen LogP contribution in [0.15, 0.2) is 0 Å². The van der Waals surface area contributed by atoms with E-state index in [0.717, 1.165) is 0 Å². The summed E-state index contributed by atoms with van der Waals surface area (Å²) >= 11 is 0.